The van der Waals surface area contributed by atoms with Crippen LogP contribution < -0.4 is 10.1 Å². The Kier molecular flexibility index (Phi) is 7.43. The van der Waals surface area contributed by atoms with Crippen LogP contribution >= 0.6 is 46.4 Å². The van der Waals surface area contributed by atoms with Crippen molar-refractivity contribution < 1.29 is 17.9 Å². The fourth-order valence-electron chi connectivity index (χ4n) is 3.22. The minimum absolute atomic E-state index is 0.0166. The van der Waals surface area contributed by atoms with E-state index in [-0.39, 0.29) is 49.7 Å². The number of piperidine rings is 1. The van der Waals surface area contributed by atoms with Crippen molar-refractivity contribution in [1.29, 1.82) is 0 Å². The Bertz CT molecular complexity index is 1080. The summed E-state index contributed by atoms with van der Waals surface area (Å²) in [5.41, 5.74) is 0.313. The van der Waals surface area contributed by atoms with E-state index in [0.29, 0.717) is 18.5 Å². The van der Waals surface area contributed by atoms with Crippen LogP contribution in [0.3, 0.4) is 0 Å². The van der Waals surface area contributed by atoms with Crippen molar-refractivity contribution in [3.05, 3.63) is 50.4 Å². The van der Waals surface area contributed by atoms with Gasteiger partial charge in [0.15, 0.2) is 0 Å². The molecule has 2 aromatic carbocycles. The number of halogens is 4. The predicted molar refractivity (Wildman–Crippen MR) is 120 cm³/mol. The molecule has 30 heavy (non-hydrogen) atoms. The van der Waals surface area contributed by atoms with E-state index in [2.05, 4.69) is 5.32 Å². The molecule has 11 heteroatoms. The van der Waals surface area contributed by atoms with Crippen LogP contribution in [0.25, 0.3) is 0 Å². The predicted octanol–water partition coefficient (Wildman–Crippen LogP) is 5.35. The van der Waals surface area contributed by atoms with Gasteiger partial charge in [-0.3, -0.25) is 4.79 Å². The van der Waals surface area contributed by atoms with Gasteiger partial charge in [0.25, 0.3) is 0 Å². The number of ether oxygens (including phenoxy) is 1. The van der Waals surface area contributed by atoms with Gasteiger partial charge < -0.3 is 10.1 Å². The van der Waals surface area contributed by atoms with Crippen molar-refractivity contribution in [2.24, 2.45) is 5.92 Å². The topological polar surface area (TPSA) is 75.7 Å². The quantitative estimate of drug-likeness (QED) is 0.549. The van der Waals surface area contributed by atoms with E-state index in [4.69, 9.17) is 51.1 Å². The fourth-order valence-corrected chi connectivity index (χ4v) is 5.76. The number of nitrogens with zero attached hydrogens (tertiary/aromatic N) is 1. The van der Waals surface area contributed by atoms with Gasteiger partial charge in [-0.2, -0.15) is 4.31 Å². The molecule has 0 spiro atoms. The molecule has 1 aliphatic rings. The van der Waals surface area contributed by atoms with Crippen molar-refractivity contribution >= 4 is 68.0 Å². The molecule has 0 saturated carbocycles. The normalized spacial score (nSPS) is 17.6. The molecule has 1 fully saturated rings. The molecule has 162 valence electrons. The molecule has 0 bridgehead atoms. The van der Waals surface area contributed by atoms with Crippen LogP contribution in [0.5, 0.6) is 5.75 Å². The maximum absolute atomic E-state index is 13.2. The second kappa shape index (κ2) is 9.51. The molecule has 3 rings (SSSR count). The number of methoxy groups -OCH3 is 1. The molecular formula is C19H18Cl4N2O4S. The zero-order valence-electron chi connectivity index (χ0n) is 15.8. The number of carbonyl (C=O) groups is 1. The van der Waals surface area contributed by atoms with Gasteiger partial charge in [0, 0.05) is 18.1 Å². The smallest absolute Gasteiger partial charge is 0.246 e. The minimum Gasteiger partial charge on any atom is -0.495 e. The van der Waals surface area contributed by atoms with Crippen LogP contribution in [0, 0.1) is 5.92 Å². The number of carbonyl (C=O) groups excluding carboxylic acids is 1. The largest absolute Gasteiger partial charge is 0.495 e. The standard InChI is InChI=1S/C19H18Cl4N2O4S/c1-29-17-5-4-12(20)7-18(17)30(27,28)25-6-2-3-11(10-25)19(26)24-16-9-14(22)13(21)8-15(16)23/h4-5,7-9,11H,2-3,6,10H2,1H3,(H,24,26)/t11-/m1/s1. The van der Waals surface area contributed by atoms with Gasteiger partial charge in [0.2, 0.25) is 15.9 Å². The highest BCUT2D eigenvalue weighted by molar-refractivity contribution is 7.89. The average molecular weight is 512 g/mol. The first kappa shape index (κ1) is 23.4. The van der Waals surface area contributed by atoms with Crippen molar-refractivity contribution in [2.75, 3.05) is 25.5 Å². The van der Waals surface area contributed by atoms with Crippen molar-refractivity contribution in [3.8, 4) is 5.75 Å². The summed E-state index contributed by atoms with van der Waals surface area (Å²) in [6, 6.07) is 7.28. The third-order valence-corrected chi connectivity index (χ3v) is 7.92. The summed E-state index contributed by atoms with van der Waals surface area (Å²) in [5, 5.41) is 3.74. The first-order chi connectivity index (χ1) is 14.1. The first-order valence-electron chi connectivity index (χ1n) is 8.92. The van der Waals surface area contributed by atoms with E-state index in [1.54, 1.807) is 6.07 Å². The van der Waals surface area contributed by atoms with Crippen molar-refractivity contribution in [2.45, 2.75) is 17.7 Å². The Morgan fingerprint density at radius 1 is 1.10 bits per heavy atom. The lowest BCUT2D eigenvalue weighted by Gasteiger charge is -2.31. The van der Waals surface area contributed by atoms with E-state index in [9.17, 15) is 13.2 Å². The molecule has 1 amide bonds. The number of amides is 1. The van der Waals surface area contributed by atoms with E-state index >= 15 is 0 Å². The number of hydrogen-bond donors (Lipinski definition) is 1. The molecular weight excluding hydrogens is 494 g/mol. The third-order valence-electron chi connectivity index (χ3n) is 4.77. The second-order valence-electron chi connectivity index (χ2n) is 6.73. The Morgan fingerprint density at radius 2 is 1.80 bits per heavy atom. The first-order valence-corrected chi connectivity index (χ1v) is 11.9. The average Bonchev–Trinajstić information content (AvgIpc) is 2.72. The highest BCUT2D eigenvalue weighted by Gasteiger charge is 2.35. The zero-order chi connectivity index (χ0) is 22.1. The molecule has 2 aromatic rings. The number of nitrogens with one attached hydrogen (secondary N) is 1. The van der Waals surface area contributed by atoms with E-state index in [1.807, 2.05) is 0 Å². The number of anilines is 1. The van der Waals surface area contributed by atoms with Gasteiger partial charge in [-0.05, 0) is 43.2 Å². The van der Waals surface area contributed by atoms with Crippen LogP contribution in [0.1, 0.15) is 12.8 Å². The van der Waals surface area contributed by atoms with Gasteiger partial charge in [-0.1, -0.05) is 46.4 Å². The molecule has 1 heterocycles. The maximum atomic E-state index is 13.2. The Morgan fingerprint density at radius 3 is 2.50 bits per heavy atom. The van der Waals surface area contributed by atoms with Crippen molar-refractivity contribution in [3.63, 3.8) is 0 Å². The van der Waals surface area contributed by atoms with Crippen molar-refractivity contribution in [1.82, 2.24) is 4.31 Å². The van der Waals surface area contributed by atoms with Crippen LogP contribution in [0.15, 0.2) is 35.2 Å². The Hall–Kier alpha value is -1.22. The maximum Gasteiger partial charge on any atom is 0.246 e. The summed E-state index contributed by atoms with van der Waals surface area (Å²) in [4.78, 5) is 12.8. The molecule has 0 unspecified atom stereocenters. The van der Waals surface area contributed by atoms with Gasteiger partial charge in [0.1, 0.15) is 10.6 Å². The van der Waals surface area contributed by atoms with E-state index in [0.717, 1.165) is 0 Å². The molecule has 1 N–H and O–H groups in total. The minimum atomic E-state index is -3.91. The van der Waals surface area contributed by atoms with Gasteiger partial charge in [-0.15, -0.1) is 0 Å². The van der Waals surface area contributed by atoms with Gasteiger partial charge in [-0.25, -0.2) is 8.42 Å². The molecule has 0 aliphatic carbocycles. The summed E-state index contributed by atoms with van der Waals surface area (Å²) < 4.78 is 32.8. The lowest BCUT2D eigenvalue weighted by atomic mass is 9.98. The van der Waals surface area contributed by atoms with Crippen LogP contribution in [-0.4, -0.2) is 38.8 Å². The summed E-state index contributed by atoms with van der Waals surface area (Å²) in [7, 11) is -2.52. The third kappa shape index (κ3) is 4.98. The number of rotatable bonds is 5. The fraction of sp³-hybridized carbons (Fsp3) is 0.316. The molecule has 1 atom stereocenters. The van der Waals surface area contributed by atoms with Crippen LogP contribution in [0.4, 0.5) is 5.69 Å². The number of benzene rings is 2. The van der Waals surface area contributed by atoms with Crippen LogP contribution in [0.2, 0.25) is 20.1 Å². The van der Waals surface area contributed by atoms with E-state index in [1.165, 1.54) is 35.7 Å². The Labute approximate surface area is 195 Å². The molecule has 0 radical (unpaired) electrons. The summed E-state index contributed by atoms with van der Waals surface area (Å²) in [6.45, 7) is 0.304. The highest BCUT2D eigenvalue weighted by Crippen LogP contribution is 2.34. The monoisotopic (exact) mass is 510 g/mol. The lowest BCUT2D eigenvalue weighted by molar-refractivity contribution is -0.120. The lowest BCUT2D eigenvalue weighted by Crippen LogP contribution is -2.43. The Balaban J connectivity index is 1.81. The molecule has 1 saturated heterocycles. The summed E-state index contributed by atoms with van der Waals surface area (Å²) in [5.74, 6) is -0.731. The molecule has 6 nitrogen and oxygen atoms in total. The second-order valence-corrected chi connectivity index (χ2v) is 10.3. The van der Waals surface area contributed by atoms with E-state index < -0.39 is 15.9 Å². The van der Waals surface area contributed by atoms with Gasteiger partial charge >= 0.3 is 0 Å². The number of hydrogen-bond acceptors (Lipinski definition) is 4. The molecule has 0 aromatic heterocycles. The molecule has 1 aliphatic heterocycles. The van der Waals surface area contributed by atoms with Crippen LogP contribution in [-0.2, 0) is 14.8 Å². The van der Waals surface area contributed by atoms with Gasteiger partial charge in [0.05, 0.1) is 33.8 Å². The highest BCUT2D eigenvalue weighted by atomic mass is 35.5. The summed E-state index contributed by atoms with van der Waals surface area (Å²) in [6.07, 6.45) is 1.05. The SMILES string of the molecule is COc1ccc(Cl)cc1S(=O)(=O)N1CCC[C@@H](C(=O)Nc2cc(Cl)c(Cl)cc2Cl)C1. The summed E-state index contributed by atoms with van der Waals surface area (Å²) >= 11 is 24.0. The number of sulfonamides is 1. The zero-order valence-corrected chi connectivity index (χ0v) is 19.6.